The number of aromatic nitrogens is 1. The number of para-hydroxylation sites is 1. The van der Waals surface area contributed by atoms with E-state index in [0.29, 0.717) is 44.2 Å². The molecule has 1 aromatic carbocycles. The summed E-state index contributed by atoms with van der Waals surface area (Å²) in [5.74, 6) is -0.833. The van der Waals surface area contributed by atoms with Crippen LogP contribution in [0.1, 0.15) is 61.8 Å². The Morgan fingerprint density at radius 1 is 1.18 bits per heavy atom. The molecule has 10 nitrogen and oxygen atoms in total. The predicted molar refractivity (Wildman–Crippen MR) is 143 cm³/mol. The fourth-order valence-corrected chi connectivity index (χ4v) is 5.61. The van der Waals surface area contributed by atoms with Crippen molar-refractivity contribution in [2.45, 2.75) is 58.0 Å². The normalized spacial score (nSPS) is 22.7. The van der Waals surface area contributed by atoms with Gasteiger partial charge in [-0.3, -0.25) is 0 Å². The number of nitrogens with one attached hydrogen (secondary N) is 2. The second-order valence-corrected chi connectivity index (χ2v) is 10.7. The number of nitrogens with zero attached hydrogens (tertiary/aromatic N) is 2. The first kappa shape index (κ1) is 27.4. The van der Waals surface area contributed by atoms with E-state index in [2.05, 4.69) is 15.6 Å². The minimum absolute atomic E-state index is 0.0339. The molecule has 0 spiro atoms. The minimum Gasteiger partial charge on any atom is -0.476 e. The van der Waals surface area contributed by atoms with Gasteiger partial charge in [0.1, 0.15) is 18.2 Å². The molecule has 1 aliphatic heterocycles. The van der Waals surface area contributed by atoms with Crippen molar-refractivity contribution >= 4 is 23.8 Å². The number of halogens is 1. The number of urea groups is 1. The maximum absolute atomic E-state index is 13.9. The number of benzene rings is 1. The number of ether oxygens (including phenoxy) is 1. The van der Waals surface area contributed by atoms with Crippen molar-refractivity contribution in [1.29, 1.82) is 0 Å². The molecule has 1 aromatic heterocycles. The van der Waals surface area contributed by atoms with Crippen LogP contribution in [0.3, 0.4) is 0 Å². The van der Waals surface area contributed by atoms with E-state index >= 15 is 0 Å². The SMILES string of the molecule is CC1CC2=C(C=C1NC(=O)Nc1ccccc1F)CCN(C(=O)OC1CCC(Cc3nc(C(=O)O)co3)CC1)C2. The van der Waals surface area contributed by atoms with Crippen LogP contribution in [-0.2, 0) is 11.2 Å². The van der Waals surface area contributed by atoms with Gasteiger partial charge in [0, 0.05) is 31.1 Å². The summed E-state index contributed by atoms with van der Waals surface area (Å²) in [7, 11) is 0. The highest BCUT2D eigenvalue weighted by Crippen LogP contribution is 2.34. The summed E-state index contributed by atoms with van der Waals surface area (Å²) in [5, 5.41) is 14.4. The molecular weight excluding hydrogens is 519 g/mol. The number of carbonyl (C=O) groups excluding carboxylic acids is 2. The Labute approximate surface area is 231 Å². The van der Waals surface area contributed by atoms with E-state index in [9.17, 15) is 18.8 Å². The number of carboxylic acids is 1. The molecule has 3 amide bonds. The number of hydrogen-bond donors (Lipinski definition) is 3. The smallest absolute Gasteiger partial charge is 0.410 e. The van der Waals surface area contributed by atoms with Gasteiger partial charge in [-0.15, -0.1) is 0 Å². The third-order valence-electron chi connectivity index (χ3n) is 7.83. The Hall–Kier alpha value is -4.15. The number of amides is 3. The molecule has 1 fully saturated rings. The van der Waals surface area contributed by atoms with Crippen LogP contribution in [0.15, 0.2) is 57.9 Å². The van der Waals surface area contributed by atoms with Gasteiger partial charge in [-0.25, -0.2) is 23.8 Å². The van der Waals surface area contributed by atoms with Gasteiger partial charge in [0.05, 0.1) is 5.69 Å². The number of hydrogen-bond acceptors (Lipinski definition) is 6. The predicted octanol–water partition coefficient (Wildman–Crippen LogP) is 5.50. The molecule has 2 aromatic rings. The van der Waals surface area contributed by atoms with Crippen LogP contribution >= 0.6 is 0 Å². The highest BCUT2D eigenvalue weighted by Gasteiger charge is 2.31. The number of anilines is 1. The van der Waals surface area contributed by atoms with E-state index in [-0.39, 0.29) is 29.5 Å². The van der Waals surface area contributed by atoms with Crippen LogP contribution in [0.2, 0.25) is 0 Å². The molecule has 40 heavy (non-hydrogen) atoms. The Kier molecular flexibility index (Phi) is 8.18. The third kappa shape index (κ3) is 6.52. The van der Waals surface area contributed by atoms with Gasteiger partial charge in [0.25, 0.3) is 0 Å². The fraction of sp³-hybridized carbons (Fsp3) is 0.448. The second kappa shape index (κ2) is 11.9. The van der Waals surface area contributed by atoms with Crippen molar-refractivity contribution in [1.82, 2.24) is 15.2 Å². The standard InChI is InChI=1S/C29H33FN4O6/c1-17-12-20-15-34(11-10-19(20)14-24(17)33-28(37)32-23-5-3-2-4-22(23)30)29(38)40-21-8-6-18(7-9-21)13-26-31-25(16-39-26)27(35)36/h2-5,14,16-18,21H,6-13,15H2,1H3,(H,35,36)(H2,32,33,37). The van der Waals surface area contributed by atoms with E-state index in [1.807, 2.05) is 13.0 Å². The summed E-state index contributed by atoms with van der Waals surface area (Å²) in [4.78, 5) is 42.2. The quantitative estimate of drug-likeness (QED) is 0.431. The van der Waals surface area contributed by atoms with Gasteiger partial charge >= 0.3 is 18.1 Å². The molecule has 212 valence electrons. The molecule has 2 aliphatic carbocycles. The van der Waals surface area contributed by atoms with Gasteiger partial charge in [0.2, 0.25) is 0 Å². The van der Waals surface area contributed by atoms with E-state index < -0.39 is 17.8 Å². The molecule has 0 radical (unpaired) electrons. The Balaban J connectivity index is 1.10. The number of carbonyl (C=O) groups is 3. The van der Waals surface area contributed by atoms with Crippen molar-refractivity contribution in [3.05, 3.63) is 70.8 Å². The highest BCUT2D eigenvalue weighted by atomic mass is 19.1. The molecule has 0 bridgehead atoms. The molecule has 3 N–H and O–H groups in total. The summed E-state index contributed by atoms with van der Waals surface area (Å²) in [6, 6.07) is 5.52. The Morgan fingerprint density at radius 2 is 1.95 bits per heavy atom. The van der Waals surface area contributed by atoms with Gasteiger partial charge in [0.15, 0.2) is 11.6 Å². The third-order valence-corrected chi connectivity index (χ3v) is 7.83. The number of rotatable bonds is 6. The zero-order valence-electron chi connectivity index (χ0n) is 22.3. The molecule has 2 heterocycles. The lowest BCUT2D eigenvalue weighted by atomic mass is 9.84. The van der Waals surface area contributed by atoms with Crippen LogP contribution in [0.4, 0.5) is 19.7 Å². The van der Waals surface area contributed by atoms with Gasteiger partial charge in [-0.2, -0.15) is 0 Å². The highest BCUT2D eigenvalue weighted by molar-refractivity contribution is 5.90. The molecule has 5 rings (SSSR count). The van der Waals surface area contributed by atoms with Crippen molar-refractivity contribution in [2.75, 3.05) is 18.4 Å². The molecule has 0 saturated heterocycles. The molecular formula is C29H33FN4O6. The average Bonchev–Trinajstić information content (AvgIpc) is 3.40. The molecule has 11 heteroatoms. The maximum Gasteiger partial charge on any atom is 0.410 e. The van der Waals surface area contributed by atoms with E-state index in [1.165, 1.54) is 12.1 Å². The zero-order chi connectivity index (χ0) is 28.2. The molecule has 1 unspecified atom stereocenters. The lowest BCUT2D eigenvalue weighted by Crippen LogP contribution is -2.41. The first-order chi connectivity index (χ1) is 19.2. The summed E-state index contributed by atoms with van der Waals surface area (Å²) >= 11 is 0. The van der Waals surface area contributed by atoms with Crippen LogP contribution < -0.4 is 10.6 Å². The second-order valence-electron chi connectivity index (χ2n) is 10.7. The van der Waals surface area contributed by atoms with Crippen LogP contribution in [0.25, 0.3) is 0 Å². The molecule has 1 saturated carbocycles. The molecule has 1 atom stereocenters. The van der Waals surface area contributed by atoms with Crippen molar-refractivity contribution in [3.8, 4) is 0 Å². The van der Waals surface area contributed by atoms with Crippen molar-refractivity contribution in [3.63, 3.8) is 0 Å². The largest absolute Gasteiger partial charge is 0.476 e. The lowest BCUT2D eigenvalue weighted by Gasteiger charge is -2.35. The van der Waals surface area contributed by atoms with E-state index in [4.69, 9.17) is 14.3 Å². The fourth-order valence-electron chi connectivity index (χ4n) is 5.61. The van der Waals surface area contributed by atoms with Crippen LogP contribution in [-0.4, -0.2) is 52.3 Å². The van der Waals surface area contributed by atoms with E-state index in [1.54, 1.807) is 17.0 Å². The summed E-state index contributed by atoms with van der Waals surface area (Å²) in [5.41, 5.74) is 3.07. The van der Waals surface area contributed by atoms with Gasteiger partial charge in [-0.05, 0) is 73.8 Å². The number of allylic oxidation sites excluding steroid dienone is 2. The summed E-state index contributed by atoms with van der Waals surface area (Å²) in [6.45, 7) is 3.03. The monoisotopic (exact) mass is 552 g/mol. The van der Waals surface area contributed by atoms with Crippen LogP contribution in [0, 0.1) is 17.7 Å². The number of oxazole rings is 1. The first-order valence-electron chi connectivity index (χ1n) is 13.6. The van der Waals surface area contributed by atoms with Crippen molar-refractivity contribution in [2.24, 2.45) is 11.8 Å². The lowest BCUT2D eigenvalue weighted by molar-refractivity contribution is 0.0380. The number of carboxylic acid groups (broad SMARTS) is 1. The van der Waals surface area contributed by atoms with Gasteiger partial charge < -0.3 is 29.8 Å². The van der Waals surface area contributed by atoms with E-state index in [0.717, 1.165) is 48.8 Å². The molecule has 3 aliphatic rings. The number of aromatic carboxylic acids is 1. The van der Waals surface area contributed by atoms with Crippen LogP contribution in [0.5, 0.6) is 0 Å². The van der Waals surface area contributed by atoms with Crippen molar-refractivity contribution < 1.29 is 33.0 Å². The summed E-state index contributed by atoms with van der Waals surface area (Å²) < 4.78 is 25.0. The Morgan fingerprint density at radius 3 is 2.67 bits per heavy atom. The topological polar surface area (TPSA) is 134 Å². The first-order valence-corrected chi connectivity index (χ1v) is 13.6. The summed E-state index contributed by atoms with van der Waals surface area (Å²) in [6.07, 6.45) is 7.82. The maximum atomic E-state index is 13.9. The minimum atomic E-state index is -1.11. The average molecular weight is 553 g/mol. The zero-order valence-corrected chi connectivity index (χ0v) is 22.3. The van der Waals surface area contributed by atoms with Gasteiger partial charge in [-0.1, -0.05) is 19.1 Å². The Bertz CT molecular complexity index is 1340.